The average molecular weight is 343 g/mol. The van der Waals surface area contributed by atoms with Gasteiger partial charge in [0.2, 0.25) is 5.91 Å². The number of carbonyl (C=O) groups is 1. The average Bonchev–Trinajstić information content (AvgIpc) is 3.39. The number of carbonyl (C=O) groups excluding carboxylic acids is 1. The van der Waals surface area contributed by atoms with E-state index in [4.69, 9.17) is 4.74 Å². The summed E-state index contributed by atoms with van der Waals surface area (Å²) in [6, 6.07) is 10.7. The highest BCUT2D eigenvalue weighted by Gasteiger charge is 2.40. The number of amides is 1. The molecule has 1 aromatic rings. The van der Waals surface area contributed by atoms with Crippen LogP contribution in [0.25, 0.3) is 0 Å². The third kappa shape index (κ3) is 4.40. The van der Waals surface area contributed by atoms with Crippen LogP contribution in [0.2, 0.25) is 0 Å². The molecular weight excluding hydrogens is 314 g/mol. The number of nitrogens with zero attached hydrogens (tertiary/aromatic N) is 1. The minimum atomic E-state index is -0.0887. The number of hydrazine groups is 1. The molecule has 2 aliphatic heterocycles. The largest absolute Gasteiger partial charge is 0.381 e. The van der Waals surface area contributed by atoms with Gasteiger partial charge in [0, 0.05) is 32.3 Å². The highest BCUT2D eigenvalue weighted by atomic mass is 16.5. The minimum Gasteiger partial charge on any atom is -0.381 e. The first kappa shape index (κ1) is 17.0. The molecule has 3 fully saturated rings. The highest BCUT2D eigenvalue weighted by Crippen LogP contribution is 2.36. The maximum absolute atomic E-state index is 13.2. The van der Waals surface area contributed by atoms with E-state index in [1.54, 1.807) is 0 Å². The van der Waals surface area contributed by atoms with Crippen LogP contribution >= 0.6 is 0 Å². The van der Waals surface area contributed by atoms with Gasteiger partial charge in [0.15, 0.2) is 0 Å². The number of nitrogens with one attached hydrogen (secondary N) is 2. The monoisotopic (exact) mass is 343 g/mol. The van der Waals surface area contributed by atoms with Crippen LogP contribution in [0.1, 0.15) is 37.7 Å². The van der Waals surface area contributed by atoms with Crippen molar-refractivity contribution in [3.05, 3.63) is 35.9 Å². The molecule has 0 aromatic heterocycles. The van der Waals surface area contributed by atoms with Crippen molar-refractivity contribution in [2.75, 3.05) is 19.8 Å². The molecule has 25 heavy (non-hydrogen) atoms. The molecule has 1 aliphatic carbocycles. The van der Waals surface area contributed by atoms with Crippen molar-refractivity contribution in [3.8, 4) is 0 Å². The lowest BCUT2D eigenvalue weighted by molar-refractivity contribution is -0.135. The van der Waals surface area contributed by atoms with Crippen molar-refractivity contribution in [1.29, 1.82) is 0 Å². The Bertz CT molecular complexity index is 570. The highest BCUT2D eigenvalue weighted by molar-refractivity contribution is 5.82. The fraction of sp³-hybridized carbons (Fsp3) is 0.650. The Morgan fingerprint density at radius 2 is 1.84 bits per heavy atom. The van der Waals surface area contributed by atoms with Gasteiger partial charge in [-0.3, -0.25) is 10.2 Å². The summed E-state index contributed by atoms with van der Waals surface area (Å²) in [5.74, 6) is 1.56. The summed E-state index contributed by atoms with van der Waals surface area (Å²) >= 11 is 0. The van der Waals surface area contributed by atoms with E-state index in [1.807, 2.05) is 18.2 Å². The smallest absolute Gasteiger partial charge is 0.241 e. The quantitative estimate of drug-likeness (QED) is 0.830. The molecule has 1 amide bonds. The van der Waals surface area contributed by atoms with Crippen LogP contribution in [0.15, 0.2) is 30.3 Å². The maximum Gasteiger partial charge on any atom is 0.241 e. The van der Waals surface area contributed by atoms with E-state index in [1.165, 1.54) is 18.4 Å². The summed E-state index contributed by atoms with van der Waals surface area (Å²) in [5.41, 5.74) is 7.82. The van der Waals surface area contributed by atoms with E-state index in [2.05, 4.69) is 27.9 Å². The van der Waals surface area contributed by atoms with Crippen molar-refractivity contribution in [2.24, 2.45) is 11.8 Å². The first-order chi connectivity index (χ1) is 12.3. The predicted molar refractivity (Wildman–Crippen MR) is 96.6 cm³/mol. The number of ether oxygens (including phenoxy) is 1. The van der Waals surface area contributed by atoms with E-state index in [-0.39, 0.29) is 11.9 Å². The van der Waals surface area contributed by atoms with Crippen LogP contribution in [-0.2, 0) is 16.1 Å². The topological polar surface area (TPSA) is 53.6 Å². The van der Waals surface area contributed by atoms with Gasteiger partial charge in [-0.25, -0.2) is 5.43 Å². The van der Waals surface area contributed by atoms with Gasteiger partial charge < -0.3 is 9.64 Å². The summed E-state index contributed by atoms with van der Waals surface area (Å²) < 4.78 is 5.48. The van der Waals surface area contributed by atoms with Crippen LogP contribution in [0.3, 0.4) is 0 Å². The zero-order valence-electron chi connectivity index (χ0n) is 14.8. The van der Waals surface area contributed by atoms with Crippen molar-refractivity contribution in [1.82, 2.24) is 15.8 Å². The van der Waals surface area contributed by atoms with E-state index < -0.39 is 0 Å². The number of benzene rings is 1. The van der Waals surface area contributed by atoms with E-state index in [0.29, 0.717) is 18.5 Å². The van der Waals surface area contributed by atoms with Crippen molar-refractivity contribution in [2.45, 2.75) is 50.7 Å². The predicted octanol–water partition coefficient (Wildman–Crippen LogP) is 2.09. The van der Waals surface area contributed by atoms with Gasteiger partial charge in [-0.1, -0.05) is 30.3 Å². The molecular formula is C20H29N3O2. The first-order valence-corrected chi connectivity index (χ1v) is 9.71. The molecule has 2 atom stereocenters. The second-order valence-corrected chi connectivity index (χ2v) is 7.78. The zero-order chi connectivity index (χ0) is 17.1. The second-order valence-electron chi connectivity index (χ2n) is 7.78. The van der Waals surface area contributed by atoms with Gasteiger partial charge in [0.05, 0.1) is 0 Å². The van der Waals surface area contributed by atoms with Crippen molar-refractivity contribution >= 4 is 5.91 Å². The molecule has 2 N–H and O–H groups in total. The normalized spacial score (nSPS) is 27.4. The molecule has 136 valence electrons. The summed E-state index contributed by atoms with van der Waals surface area (Å²) in [6.07, 6.45) is 5.63. The molecule has 2 unspecified atom stereocenters. The Labute approximate surface area is 150 Å². The van der Waals surface area contributed by atoms with Crippen LogP contribution in [-0.4, -0.2) is 42.6 Å². The lowest BCUT2D eigenvalue weighted by Gasteiger charge is -2.31. The summed E-state index contributed by atoms with van der Waals surface area (Å²) in [4.78, 5) is 15.3. The molecule has 5 heteroatoms. The molecule has 2 saturated heterocycles. The van der Waals surface area contributed by atoms with Gasteiger partial charge in [-0.2, -0.15) is 0 Å². The third-order valence-electron chi connectivity index (χ3n) is 5.77. The van der Waals surface area contributed by atoms with Gasteiger partial charge in [0.1, 0.15) is 6.04 Å². The summed E-state index contributed by atoms with van der Waals surface area (Å²) in [7, 11) is 0. The maximum atomic E-state index is 13.2. The van der Waals surface area contributed by atoms with Crippen molar-refractivity contribution in [3.63, 3.8) is 0 Å². The second kappa shape index (κ2) is 7.85. The molecule has 0 spiro atoms. The summed E-state index contributed by atoms with van der Waals surface area (Å²) in [6.45, 7) is 3.18. The third-order valence-corrected chi connectivity index (χ3v) is 5.77. The number of hydrogen-bond donors (Lipinski definition) is 2. The Morgan fingerprint density at radius 3 is 2.56 bits per heavy atom. The SMILES string of the molecule is O=C(C1CC(C2CC2)NN1)N(Cc1ccccc1)CC1CCOCC1. The molecule has 0 radical (unpaired) electrons. The van der Waals surface area contributed by atoms with E-state index >= 15 is 0 Å². The Morgan fingerprint density at radius 1 is 1.08 bits per heavy atom. The van der Waals surface area contributed by atoms with E-state index in [0.717, 1.165) is 44.9 Å². The fourth-order valence-corrected chi connectivity index (χ4v) is 4.05. The van der Waals surface area contributed by atoms with Gasteiger partial charge in [-0.15, -0.1) is 0 Å². The lowest BCUT2D eigenvalue weighted by atomic mass is 9.98. The lowest BCUT2D eigenvalue weighted by Crippen LogP contribution is -2.47. The van der Waals surface area contributed by atoms with Crippen LogP contribution < -0.4 is 10.9 Å². The Hall–Kier alpha value is -1.43. The van der Waals surface area contributed by atoms with Crippen molar-refractivity contribution < 1.29 is 9.53 Å². The molecule has 0 bridgehead atoms. The van der Waals surface area contributed by atoms with E-state index in [9.17, 15) is 4.79 Å². The van der Waals surface area contributed by atoms with Crippen LogP contribution in [0.5, 0.6) is 0 Å². The number of hydrogen-bond acceptors (Lipinski definition) is 4. The molecule has 3 aliphatic rings. The fourth-order valence-electron chi connectivity index (χ4n) is 4.05. The zero-order valence-corrected chi connectivity index (χ0v) is 14.8. The van der Waals surface area contributed by atoms with Gasteiger partial charge >= 0.3 is 0 Å². The summed E-state index contributed by atoms with van der Waals surface area (Å²) in [5, 5.41) is 0. The standard InChI is InChI=1S/C20H29N3O2/c24-20(19-12-18(21-22-19)17-6-7-17)23(13-15-4-2-1-3-5-15)14-16-8-10-25-11-9-16/h1-5,16-19,21-22H,6-14H2. The Kier molecular flexibility index (Phi) is 5.34. The Balaban J connectivity index is 1.42. The number of rotatable bonds is 6. The van der Waals surface area contributed by atoms with Gasteiger partial charge in [-0.05, 0) is 49.5 Å². The van der Waals surface area contributed by atoms with Crippen LogP contribution in [0.4, 0.5) is 0 Å². The van der Waals surface area contributed by atoms with Crippen LogP contribution in [0, 0.1) is 11.8 Å². The molecule has 5 nitrogen and oxygen atoms in total. The minimum absolute atomic E-state index is 0.0887. The van der Waals surface area contributed by atoms with Gasteiger partial charge in [0.25, 0.3) is 0 Å². The molecule has 4 rings (SSSR count). The molecule has 1 saturated carbocycles. The first-order valence-electron chi connectivity index (χ1n) is 9.71. The molecule has 1 aromatic carbocycles. The molecule has 2 heterocycles.